The van der Waals surface area contributed by atoms with Crippen molar-refractivity contribution in [3.05, 3.63) is 18.2 Å². The van der Waals surface area contributed by atoms with Crippen LogP contribution in [-0.2, 0) is 4.74 Å². The maximum Gasteiger partial charge on any atom is 0.143 e. The summed E-state index contributed by atoms with van der Waals surface area (Å²) >= 11 is 0. The molecule has 0 amide bonds. The minimum Gasteiger partial charge on any atom is -0.495 e. The lowest BCUT2D eigenvalue weighted by Crippen LogP contribution is -2.08. The van der Waals surface area contributed by atoms with Crippen molar-refractivity contribution >= 4 is 11.4 Å². The Bertz CT molecular complexity index is 289. The average Bonchev–Trinajstić information content (AvgIpc) is 2.20. The molecule has 0 heterocycles. The molecule has 1 aromatic carbocycles. The maximum absolute atomic E-state index is 5.63. The van der Waals surface area contributed by atoms with Crippen LogP contribution in [-0.4, -0.2) is 27.4 Å². The van der Waals surface area contributed by atoms with Crippen LogP contribution in [0.3, 0.4) is 0 Å². The number of nitrogen functional groups attached to an aromatic ring is 1. The van der Waals surface area contributed by atoms with E-state index >= 15 is 0 Å². The van der Waals surface area contributed by atoms with Crippen LogP contribution in [0, 0.1) is 0 Å². The van der Waals surface area contributed by atoms with Crippen LogP contribution in [0.2, 0.25) is 0 Å². The molecule has 3 N–H and O–H groups in total. The Labute approximate surface area is 84.0 Å². The Hall–Kier alpha value is -1.42. The van der Waals surface area contributed by atoms with Crippen LogP contribution >= 0.6 is 0 Å². The van der Waals surface area contributed by atoms with Gasteiger partial charge in [0.2, 0.25) is 0 Å². The third kappa shape index (κ3) is 2.81. The fourth-order valence-corrected chi connectivity index (χ4v) is 1.14. The molecule has 0 spiro atoms. The van der Waals surface area contributed by atoms with E-state index in [4.69, 9.17) is 15.2 Å². The summed E-state index contributed by atoms with van der Waals surface area (Å²) in [6.45, 7) is 1.41. The number of nitrogens with two attached hydrogens (primary N) is 1. The van der Waals surface area contributed by atoms with E-state index in [0.717, 1.165) is 18.0 Å². The van der Waals surface area contributed by atoms with E-state index in [1.54, 1.807) is 20.3 Å². The topological polar surface area (TPSA) is 56.5 Å². The molecule has 0 bridgehead atoms. The third-order valence-electron chi connectivity index (χ3n) is 1.85. The summed E-state index contributed by atoms with van der Waals surface area (Å²) in [5.41, 5.74) is 7.25. The van der Waals surface area contributed by atoms with E-state index in [2.05, 4.69) is 5.32 Å². The fourth-order valence-electron chi connectivity index (χ4n) is 1.14. The maximum atomic E-state index is 5.63. The van der Waals surface area contributed by atoms with Crippen LogP contribution in [0.5, 0.6) is 5.75 Å². The zero-order chi connectivity index (χ0) is 10.4. The van der Waals surface area contributed by atoms with E-state index in [9.17, 15) is 0 Å². The summed E-state index contributed by atoms with van der Waals surface area (Å²) in [5, 5.41) is 3.19. The number of rotatable bonds is 5. The summed E-state index contributed by atoms with van der Waals surface area (Å²) in [4.78, 5) is 0. The second kappa shape index (κ2) is 5.34. The monoisotopic (exact) mass is 196 g/mol. The van der Waals surface area contributed by atoms with Crippen LogP contribution < -0.4 is 15.8 Å². The van der Waals surface area contributed by atoms with E-state index in [1.165, 1.54) is 0 Å². The highest BCUT2D eigenvalue weighted by Gasteiger charge is 2.01. The highest BCUT2D eigenvalue weighted by atomic mass is 16.5. The third-order valence-corrected chi connectivity index (χ3v) is 1.85. The van der Waals surface area contributed by atoms with E-state index < -0.39 is 0 Å². The average molecular weight is 196 g/mol. The lowest BCUT2D eigenvalue weighted by Gasteiger charge is -2.11. The lowest BCUT2D eigenvalue weighted by molar-refractivity contribution is 0.210. The summed E-state index contributed by atoms with van der Waals surface area (Å²) in [5.74, 6) is 0.751. The molecule has 78 valence electrons. The molecule has 4 heteroatoms. The largest absolute Gasteiger partial charge is 0.495 e. The van der Waals surface area contributed by atoms with Gasteiger partial charge in [-0.05, 0) is 12.1 Å². The van der Waals surface area contributed by atoms with Crippen LogP contribution in [0.4, 0.5) is 11.4 Å². The van der Waals surface area contributed by atoms with Gasteiger partial charge in [0.05, 0.1) is 19.4 Å². The van der Waals surface area contributed by atoms with Gasteiger partial charge in [-0.15, -0.1) is 0 Å². The molecule has 0 unspecified atom stereocenters. The first-order chi connectivity index (χ1) is 6.77. The van der Waals surface area contributed by atoms with E-state index in [-0.39, 0.29) is 0 Å². The minimum absolute atomic E-state index is 0.660. The quantitative estimate of drug-likeness (QED) is 0.551. The number of hydrogen-bond donors (Lipinski definition) is 2. The zero-order valence-electron chi connectivity index (χ0n) is 8.54. The standard InChI is InChI=1S/C10H16N2O2/c1-13-6-5-12-9-4-3-8(11)7-10(9)14-2/h3-4,7,12H,5-6,11H2,1-2H3. The van der Waals surface area contributed by atoms with Gasteiger partial charge in [-0.1, -0.05) is 0 Å². The van der Waals surface area contributed by atoms with Crippen molar-refractivity contribution in [1.29, 1.82) is 0 Å². The molecule has 14 heavy (non-hydrogen) atoms. The zero-order valence-corrected chi connectivity index (χ0v) is 8.54. The van der Waals surface area contributed by atoms with Crippen LogP contribution in [0.1, 0.15) is 0 Å². The highest BCUT2D eigenvalue weighted by molar-refractivity contribution is 5.62. The van der Waals surface area contributed by atoms with Crippen LogP contribution in [0.15, 0.2) is 18.2 Å². The Morgan fingerprint density at radius 1 is 1.36 bits per heavy atom. The summed E-state index contributed by atoms with van der Waals surface area (Å²) in [6.07, 6.45) is 0. The molecule has 0 fully saturated rings. The van der Waals surface area contributed by atoms with Gasteiger partial charge in [0.25, 0.3) is 0 Å². The molecule has 0 aliphatic heterocycles. The van der Waals surface area contributed by atoms with Crippen molar-refractivity contribution in [1.82, 2.24) is 0 Å². The smallest absolute Gasteiger partial charge is 0.143 e. The SMILES string of the molecule is COCCNc1ccc(N)cc1OC. The number of ether oxygens (including phenoxy) is 2. The van der Waals surface area contributed by atoms with Gasteiger partial charge >= 0.3 is 0 Å². The molecule has 1 aromatic rings. The van der Waals surface area contributed by atoms with Crippen molar-refractivity contribution in [2.24, 2.45) is 0 Å². The number of methoxy groups -OCH3 is 2. The van der Waals surface area contributed by atoms with E-state index in [1.807, 2.05) is 12.1 Å². The van der Waals surface area contributed by atoms with Gasteiger partial charge in [0.15, 0.2) is 0 Å². The Morgan fingerprint density at radius 3 is 2.79 bits per heavy atom. The summed E-state index contributed by atoms with van der Waals surface area (Å²) in [6, 6.07) is 5.51. The number of benzene rings is 1. The predicted octanol–water partition coefficient (Wildman–Crippen LogP) is 1.34. The Balaban J connectivity index is 2.65. The molecule has 1 rings (SSSR count). The second-order valence-electron chi connectivity index (χ2n) is 2.88. The molecule has 0 aliphatic carbocycles. The molecule has 0 saturated heterocycles. The minimum atomic E-state index is 0.660. The van der Waals surface area contributed by atoms with Crippen LogP contribution in [0.25, 0.3) is 0 Å². The first-order valence-electron chi connectivity index (χ1n) is 4.44. The van der Waals surface area contributed by atoms with Crippen molar-refractivity contribution in [2.45, 2.75) is 0 Å². The number of nitrogens with one attached hydrogen (secondary N) is 1. The first kappa shape index (κ1) is 10.7. The van der Waals surface area contributed by atoms with Gasteiger partial charge in [0.1, 0.15) is 5.75 Å². The molecular formula is C10H16N2O2. The molecular weight excluding hydrogens is 180 g/mol. The second-order valence-corrected chi connectivity index (χ2v) is 2.88. The van der Waals surface area contributed by atoms with Crippen molar-refractivity contribution in [2.75, 3.05) is 38.4 Å². The van der Waals surface area contributed by atoms with Crippen molar-refractivity contribution in [3.63, 3.8) is 0 Å². The molecule has 0 radical (unpaired) electrons. The highest BCUT2D eigenvalue weighted by Crippen LogP contribution is 2.26. The summed E-state index contributed by atoms with van der Waals surface area (Å²) < 4.78 is 10.1. The molecule has 0 aliphatic rings. The summed E-state index contributed by atoms with van der Waals surface area (Å²) in [7, 11) is 3.29. The Kier molecular flexibility index (Phi) is 4.07. The van der Waals surface area contributed by atoms with Crippen molar-refractivity contribution < 1.29 is 9.47 Å². The first-order valence-corrected chi connectivity index (χ1v) is 4.44. The van der Waals surface area contributed by atoms with Crippen molar-refractivity contribution in [3.8, 4) is 5.75 Å². The fraction of sp³-hybridized carbons (Fsp3) is 0.400. The normalized spacial score (nSPS) is 9.86. The Morgan fingerprint density at radius 2 is 2.14 bits per heavy atom. The molecule has 0 aromatic heterocycles. The van der Waals surface area contributed by atoms with Gasteiger partial charge in [0, 0.05) is 25.4 Å². The van der Waals surface area contributed by atoms with E-state index in [0.29, 0.717) is 12.3 Å². The predicted molar refractivity (Wildman–Crippen MR) is 57.8 cm³/mol. The molecule has 0 atom stereocenters. The van der Waals surface area contributed by atoms with Gasteiger partial charge < -0.3 is 20.5 Å². The van der Waals surface area contributed by atoms with Gasteiger partial charge in [-0.2, -0.15) is 0 Å². The van der Waals surface area contributed by atoms with Gasteiger partial charge in [-0.25, -0.2) is 0 Å². The molecule has 0 saturated carbocycles. The van der Waals surface area contributed by atoms with Gasteiger partial charge in [-0.3, -0.25) is 0 Å². The lowest BCUT2D eigenvalue weighted by atomic mass is 10.2. The molecule has 4 nitrogen and oxygen atoms in total. The number of hydrogen-bond acceptors (Lipinski definition) is 4. The number of anilines is 2.